The number of piperidine rings is 1. The van der Waals surface area contributed by atoms with Crippen LogP contribution >= 0.6 is 0 Å². The van der Waals surface area contributed by atoms with E-state index in [2.05, 4.69) is 55.3 Å². The normalized spacial score (nSPS) is 21.3. The first kappa shape index (κ1) is 26.7. The van der Waals surface area contributed by atoms with E-state index in [0.29, 0.717) is 47.8 Å². The number of anilines is 1. The quantitative estimate of drug-likeness (QED) is 0.319. The number of para-hydroxylation sites is 1. The number of carbonyl (C=O) groups excluding carboxylic acids is 1. The maximum Gasteiger partial charge on any atom is 0.254 e. The molecular formula is C33H33N9O2. The molecular weight excluding hydrogens is 554 g/mol. The van der Waals surface area contributed by atoms with Crippen LogP contribution in [0, 0.1) is 23.2 Å². The minimum Gasteiger partial charge on any atom is -0.494 e. The molecule has 2 aromatic carbocycles. The monoisotopic (exact) mass is 587 g/mol. The number of nitrogens with zero attached hydrogens (tertiary/aromatic N) is 8. The van der Waals surface area contributed by atoms with Crippen LogP contribution in [0.3, 0.4) is 0 Å². The van der Waals surface area contributed by atoms with Gasteiger partial charge in [-0.05, 0) is 43.0 Å². The largest absolute Gasteiger partial charge is 0.494 e. The average Bonchev–Trinajstić information content (AvgIpc) is 3.77. The average molecular weight is 588 g/mol. The van der Waals surface area contributed by atoms with E-state index >= 15 is 0 Å². The van der Waals surface area contributed by atoms with Gasteiger partial charge in [-0.1, -0.05) is 18.2 Å². The Labute approximate surface area is 254 Å². The first-order valence-corrected chi connectivity index (χ1v) is 15.1. The minimum absolute atomic E-state index is 0.0103. The summed E-state index contributed by atoms with van der Waals surface area (Å²) >= 11 is 0. The summed E-state index contributed by atoms with van der Waals surface area (Å²) in [6, 6.07) is 16.5. The lowest BCUT2D eigenvalue weighted by atomic mass is 10.00. The van der Waals surface area contributed by atoms with E-state index in [-0.39, 0.29) is 18.0 Å². The molecule has 1 amide bonds. The molecule has 2 unspecified atom stereocenters. The molecule has 11 heteroatoms. The van der Waals surface area contributed by atoms with Gasteiger partial charge in [0.15, 0.2) is 11.5 Å². The fourth-order valence-corrected chi connectivity index (χ4v) is 7.53. The zero-order chi connectivity index (χ0) is 30.1. The van der Waals surface area contributed by atoms with Gasteiger partial charge in [-0.2, -0.15) is 5.26 Å². The number of nitrogens with two attached hydrogens (primary N) is 1. The third-order valence-corrected chi connectivity index (χ3v) is 9.83. The number of hydrogen-bond acceptors (Lipinski definition) is 8. The highest BCUT2D eigenvalue weighted by Gasteiger charge is 2.47. The fourth-order valence-electron chi connectivity index (χ4n) is 7.53. The molecule has 8 rings (SSSR count). The van der Waals surface area contributed by atoms with Crippen LogP contribution < -0.4 is 15.4 Å². The highest BCUT2D eigenvalue weighted by Crippen LogP contribution is 2.40. The van der Waals surface area contributed by atoms with Gasteiger partial charge in [-0.15, -0.1) is 0 Å². The van der Waals surface area contributed by atoms with Crippen molar-refractivity contribution in [1.29, 1.82) is 5.26 Å². The van der Waals surface area contributed by atoms with Crippen LogP contribution in [0.4, 0.5) is 5.82 Å². The molecule has 3 atom stereocenters. The Balaban J connectivity index is 1.19. The Morgan fingerprint density at radius 3 is 2.68 bits per heavy atom. The summed E-state index contributed by atoms with van der Waals surface area (Å²) in [4.78, 5) is 31.7. The molecule has 0 radical (unpaired) electrons. The standard InChI is InChI=1S/C33H33N9O2/c1-39-25-6-4-3-5-20(25)10-27(39)32-38-24-9-22(33(43)41-18-21-7-8-26(41)30(21)35)11-28(44-2)31(24)42(32)17-19-15-40(16-19)29-14-36-13-23(12-34)37-29/h3-6,9-11,13-14,19,21,26,30H,7-8,15-18,35H2,1-2H3/t21?,26?,30-/m1/s1. The number of rotatable bonds is 6. The lowest BCUT2D eigenvalue weighted by Gasteiger charge is -2.40. The molecule has 5 heterocycles. The second-order valence-corrected chi connectivity index (χ2v) is 12.3. The topological polar surface area (TPSA) is 131 Å². The minimum atomic E-state index is -0.0103. The zero-order valence-corrected chi connectivity index (χ0v) is 24.7. The second kappa shape index (κ2) is 10.1. The van der Waals surface area contributed by atoms with Crippen molar-refractivity contribution >= 4 is 33.7 Å². The summed E-state index contributed by atoms with van der Waals surface area (Å²) in [5, 5.41) is 10.4. The number of carbonyl (C=O) groups is 1. The van der Waals surface area contributed by atoms with Crippen molar-refractivity contribution < 1.29 is 9.53 Å². The molecule has 2 N–H and O–H groups in total. The van der Waals surface area contributed by atoms with Crippen LogP contribution in [0.2, 0.25) is 0 Å². The number of imidazole rings is 1. The molecule has 1 aliphatic carbocycles. The molecule has 2 bridgehead atoms. The number of aromatic nitrogens is 5. The Morgan fingerprint density at radius 2 is 1.95 bits per heavy atom. The molecule has 1 saturated carbocycles. The van der Waals surface area contributed by atoms with Crippen molar-refractivity contribution in [3.8, 4) is 23.3 Å². The maximum absolute atomic E-state index is 13.8. The van der Waals surface area contributed by atoms with Gasteiger partial charge in [-0.25, -0.2) is 9.97 Å². The van der Waals surface area contributed by atoms with Gasteiger partial charge in [0, 0.05) is 67.7 Å². The number of fused-ring (bicyclic) bond motifs is 4. The molecule has 2 saturated heterocycles. The number of aryl methyl sites for hydroxylation is 1. The van der Waals surface area contributed by atoms with Gasteiger partial charge < -0.3 is 29.4 Å². The molecule has 3 aromatic heterocycles. The highest BCUT2D eigenvalue weighted by molar-refractivity contribution is 6.00. The predicted molar refractivity (Wildman–Crippen MR) is 166 cm³/mol. The number of hydrogen-bond donors (Lipinski definition) is 1. The van der Waals surface area contributed by atoms with Crippen LogP contribution in [-0.4, -0.2) is 73.7 Å². The van der Waals surface area contributed by atoms with Crippen LogP contribution in [-0.2, 0) is 13.6 Å². The Hall–Kier alpha value is -4.95. The van der Waals surface area contributed by atoms with Crippen molar-refractivity contribution in [3.63, 3.8) is 0 Å². The number of likely N-dealkylation sites (tertiary alicyclic amines) is 1. The second-order valence-electron chi connectivity index (χ2n) is 12.3. The van der Waals surface area contributed by atoms with Gasteiger partial charge in [0.05, 0.1) is 30.7 Å². The molecule has 3 aliphatic rings. The summed E-state index contributed by atoms with van der Waals surface area (Å²) in [7, 11) is 3.71. The Bertz CT molecular complexity index is 1980. The summed E-state index contributed by atoms with van der Waals surface area (Å²) in [6.45, 7) is 2.95. The third-order valence-electron chi connectivity index (χ3n) is 9.83. The van der Waals surface area contributed by atoms with E-state index in [0.717, 1.165) is 59.4 Å². The summed E-state index contributed by atoms with van der Waals surface area (Å²) < 4.78 is 10.4. The third kappa shape index (κ3) is 4.05. The van der Waals surface area contributed by atoms with E-state index in [1.165, 1.54) is 6.20 Å². The zero-order valence-electron chi connectivity index (χ0n) is 24.7. The van der Waals surface area contributed by atoms with E-state index in [9.17, 15) is 10.1 Å². The van der Waals surface area contributed by atoms with Crippen molar-refractivity contribution in [2.75, 3.05) is 31.6 Å². The Kier molecular flexibility index (Phi) is 6.10. The first-order valence-electron chi connectivity index (χ1n) is 15.1. The predicted octanol–water partition coefficient (Wildman–Crippen LogP) is 3.56. The smallest absolute Gasteiger partial charge is 0.254 e. The molecule has 11 nitrogen and oxygen atoms in total. The molecule has 5 aromatic rings. The van der Waals surface area contributed by atoms with Crippen LogP contribution in [0.1, 0.15) is 28.9 Å². The van der Waals surface area contributed by atoms with E-state index in [1.54, 1.807) is 13.3 Å². The van der Waals surface area contributed by atoms with E-state index in [4.69, 9.17) is 15.5 Å². The summed E-state index contributed by atoms with van der Waals surface area (Å²) in [5.41, 5.74) is 11.0. The molecule has 222 valence electrons. The lowest BCUT2D eigenvalue weighted by molar-refractivity contribution is 0.0700. The van der Waals surface area contributed by atoms with Crippen molar-refractivity contribution in [2.45, 2.75) is 31.5 Å². The van der Waals surface area contributed by atoms with Gasteiger partial charge in [-0.3, -0.25) is 9.78 Å². The SMILES string of the molecule is COc1cc(C(=O)N2CC3CCC2[C@@H]3N)cc2nc(-c3cc4ccccc4n3C)n(CC3CN(c4cncc(C#N)n4)C3)c12. The molecule has 44 heavy (non-hydrogen) atoms. The van der Waals surface area contributed by atoms with Gasteiger partial charge in [0.1, 0.15) is 23.2 Å². The van der Waals surface area contributed by atoms with Gasteiger partial charge in [0.25, 0.3) is 5.91 Å². The van der Waals surface area contributed by atoms with Crippen LogP contribution in [0.5, 0.6) is 5.75 Å². The summed E-state index contributed by atoms with van der Waals surface area (Å²) in [6.07, 6.45) is 5.22. The van der Waals surface area contributed by atoms with E-state index in [1.807, 2.05) is 29.2 Å². The van der Waals surface area contributed by atoms with Crippen molar-refractivity contribution in [3.05, 3.63) is 66.1 Å². The number of ether oxygens (including phenoxy) is 1. The summed E-state index contributed by atoms with van der Waals surface area (Å²) in [5.74, 6) is 2.84. The van der Waals surface area contributed by atoms with Crippen molar-refractivity contribution in [1.82, 2.24) is 29.0 Å². The molecule has 2 aliphatic heterocycles. The highest BCUT2D eigenvalue weighted by atomic mass is 16.5. The number of benzene rings is 2. The fraction of sp³-hybridized carbons (Fsp3) is 0.364. The number of methoxy groups -OCH3 is 1. The van der Waals surface area contributed by atoms with Crippen LogP contribution in [0.15, 0.2) is 54.9 Å². The van der Waals surface area contributed by atoms with Gasteiger partial charge >= 0.3 is 0 Å². The van der Waals surface area contributed by atoms with E-state index < -0.39 is 0 Å². The van der Waals surface area contributed by atoms with Crippen molar-refractivity contribution in [2.24, 2.45) is 24.6 Å². The number of amides is 1. The number of nitriles is 1. The lowest BCUT2D eigenvalue weighted by Crippen LogP contribution is -2.49. The van der Waals surface area contributed by atoms with Crippen LogP contribution in [0.25, 0.3) is 33.5 Å². The van der Waals surface area contributed by atoms with Gasteiger partial charge in [0.2, 0.25) is 0 Å². The molecule has 0 spiro atoms. The maximum atomic E-state index is 13.8. The first-order chi connectivity index (χ1) is 21.4. The molecule has 3 fully saturated rings. The Morgan fingerprint density at radius 1 is 1.11 bits per heavy atom.